The first-order chi connectivity index (χ1) is 24.0. The van der Waals surface area contributed by atoms with Gasteiger partial charge in [-0.2, -0.15) is 0 Å². The molecule has 3 saturated carbocycles. The molecule has 2 unspecified atom stereocenters. The van der Waals surface area contributed by atoms with E-state index in [9.17, 15) is 29.1 Å². The highest BCUT2D eigenvalue weighted by Crippen LogP contribution is 2.66. The largest absolute Gasteiger partial charge is 0.379 e. The third-order valence-corrected chi connectivity index (χ3v) is 12.2. The number of amides is 4. The molecule has 0 radical (unpaired) electrons. The zero-order chi connectivity index (χ0) is 38.8. The van der Waals surface area contributed by atoms with E-state index in [1.165, 1.54) is 12.8 Å². The third kappa shape index (κ3) is 11.2. The van der Waals surface area contributed by atoms with Gasteiger partial charge in [-0.05, 0) is 91.8 Å². The number of aliphatic hydroxyl groups is 1. The Morgan fingerprint density at radius 3 is 2.02 bits per heavy atom. The van der Waals surface area contributed by atoms with Crippen LogP contribution in [0.25, 0.3) is 0 Å². The molecule has 0 aromatic carbocycles. The van der Waals surface area contributed by atoms with Gasteiger partial charge in [0.05, 0.1) is 12.1 Å². The van der Waals surface area contributed by atoms with Crippen LogP contribution in [0.3, 0.4) is 0 Å². The lowest BCUT2D eigenvalue weighted by molar-refractivity contribution is -0.140. The van der Waals surface area contributed by atoms with E-state index in [4.69, 9.17) is 0 Å². The third-order valence-electron chi connectivity index (χ3n) is 12.2. The van der Waals surface area contributed by atoms with Gasteiger partial charge in [0.1, 0.15) is 12.0 Å². The quantitative estimate of drug-likeness (QED) is 0.0908. The molecule has 1 aliphatic heterocycles. The van der Waals surface area contributed by atoms with Crippen molar-refractivity contribution in [1.29, 1.82) is 0 Å². The fraction of sp³-hybridized carbons (Fsp3) is 0.875. The normalized spacial score (nSPS) is 25.1. The van der Waals surface area contributed by atoms with Crippen LogP contribution in [0, 0.1) is 33.5 Å². The van der Waals surface area contributed by atoms with Gasteiger partial charge in [0.25, 0.3) is 5.91 Å². The first kappa shape index (κ1) is 42.2. The monoisotopic (exact) mass is 731 g/mol. The number of hydrogen-bond acceptors (Lipinski definition) is 8. The number of carbonyl (C=O) groups is 5. The fourth-order valence-corrected chi connectivity index (χ4v) is 8.72. The summed E-state index contributed by atoms with van der Waals surface area (Å²) in [5.41, 5.74) is -0.740. The summed E-state index contributed by atoms with van der Waals surface area (Å²) in [7, 11) is 0. The van der Waals surface area contributed by atoms with Crippen molar-refractivity contribution >= 4 is 29.4 Å². The Hall–Kier alpha value is -2.57. The molecule has 4 fully saturated rings. The molecule has 4 rings (SSSR count). The maximum atomic E-state index is 14.3. The number of carbonyl (C=O) groups excluding carboxylic acids is 5. The van der Waals surface area contributed by atoms with Gasteiger partial charge in [0.15, 0.2) is 0 Å². The lowest BCUT2D eigenvalue weighted by Gasteiger charge is -2.39. The molecule has 3 aliphatic carbocycles. The van der Waals surface area contributed by atoms with Crippen molar-refractivity contribution in [2.24, 2.45) is 33.5 Å². The van der Waals surface area contributed by atoms with Crippen LogP contribution in [0.5, 0.6) is 0 Å². The molecule has 12 heteroatoms. The van der Waals surface area contributed by atoms with Crippen LogP contribution in [-0.4, -0.2) is 95.5 Å². The summed E-state index contributed by atoms with van der Waals surface area (Å²) in [6.07, 6.45) is 7.20. The van der Waals surface area contributed by atoms with E-state index in [0.717, 1.165) is 32.2 Å². The standard InChI is InChI=1S/C40H70N6O6/c1-11-12-28(33(49)35(51)42-25-13-14-25)43-34(50)32-26-15-16-40(17-18-40)27(26)22-46(32)23-30(38(6,7)8)45-36(52)44-29(37(3,4)5)21-41-31(48)20-39(9,10)19-24(2)47/h25-32,41,48H,11-23H2,1-10H3,(H,42,51)(H,43,50)(H2,44,45,52)/t26-,27-,28?,29+,30+,31?,32-/m0/s1. The molecule has 1 heterocycles. The minimum atomic E-state index is -0.863. The average Bonchev–Trinajstić information content (AvgIpc) is 3.91. The van der Waals surface area contributed by atoms with E-state index < -0.39 is 30.0 Å². The summed E-state index contributed by atoms with van der Waals surface area (Å²) < 4.78 is 0. The number of nitrogens with zero attached hydrogens (tertiary/aromatic N) is 1. The van der Waals surface area contributed by atoms with Gasteiger partial charge in [-0.3, -0.25) is 24.6 Å². The Balaban J connectivity index is 1.45. The maximum Gasteiger partial charge on any atom is 0.315 e. The highest BCUT2D eigenvalue weighted by atomic mass is 16.3. The van der Waals surface area contributed by atoms with Crippen LogP contribution < -0.4 is 26.6 Å². The molecule has 4 aliphatic rings. The minimum Gasteiger partial charge on any atom is -0.379 e. The Kier molecular flexibility index (Phi) is 13.3. The number of aliphatic hydroxyl groups excluding tert-OH is 1. The summed E-state index contributed by atoms with van der Waals surface area (Å²) in [6.45, 7) is 21.4. The molecule has 7 atom stereocenters. The van der Waals surface area contributed by atoms with E-state index in [1.54, 1.807) is 6.92 Å². The number of hydrogen-bond donors (Lipinski definition) is 6. The van der Waals surface area contributed by atoms with Crippen molar-refractivity contribution < 1.29 is 29.1 Å². The molecule has 6 N–H and O–H groups in total. The van der Waals surface area contributed by atoms with Crippen molar-refractivity contribution in [2.45, 2.75) is 170 Å². The number of Topliss-reactive ketones (excluding diaryl/α,β-unsaturated/α-hetero) is 2. The minimum absolute atomic E-state index is 0.0605. The molecule has 1 saturated heterocycles. The molecule has 12 nitrogen and oxygen atoms in total. The van der Waals surface area contributed by atoms with Crippen molar-refractivity contribution in [3.8, 4) is 0 Å². The van der Waals surface area contributed by atoms with Crippen molar-refractivity contribution in [2.75, 3.05) is 19.6 Å². The SMILES string of the molecule is CCCC(NC(=O)[C@@H]1[C@H]2CCC3(CC3)[C@H]2CN1C[C@@H](NC(=O)N[C@H](CNC(O)CC(C)(C)CC(C)=O)C(C)(C)C)C(C)(C)C)C(=O)C(=O)NC1CC1. The van der Waals surface area contributed by atoms with Crippen LogP contribution in [0.15, 0.2) is 0 Å². The van der Waals surface area contributed by atoms with Gasteiger partial charge in [-0.15, -0.1) is 0 Å². The number of rotatable bonds is 18. The summed E-state index contributed by atoms with van der Waals surface area (Å²) in [5, 5.41) is 26.2. The molecule has 52 heavy (non-hydrogen) atoms. The highest BCUT2D eigenvalue weighted by molar-refractivity contribution is 6.38. The van der Waals surface area contributed by atoms with Crippen molar-refractivity contribution in [3.05, 3.63) is 0 Å². The fourth-order valence-electron chi connectivity index (χ4n) is 8.72. The Bertz CT molecular complexity index is 1310. The van der Waals surface area contributed by atoms with Crippen LogP contribution >= 0.6 is 0 Å². The summed E-state index contributed by atoms with van der Waals surface area (Å²) in [5.74, 6) is -0.751. The topological polar surface area (TPSA) is 169 Å². The number of fused-ring (bicyclic) bond motifs is 2. The van der Waals surface area contributed by atoms with Crippen LogP contribution in [0.2, 0.25) is 0 Å². The second-order valence-corrected chi connectivity index (χ2v) is 19.7. The van der Waals surface area contributed by atoms with E-state index >= 15 is 0 Å². The first-order valence-electron chi connectivity index (χ1n) is 19.9. The van der Waals surface area contributed by atoms with E-state index in [0.29, 0.717) is 50.1 Å². The van der Waals surface area contributed by atoms with Gasteiger partial charge in [0, 0.05) is 44.2 Å². The zero-order valence-corrected chi connectivity index (χ0v) is 33.7. The van der Waals surface area contributed by atoms with Gasteiger partial charge >= 0.3 is 6.03 Å². The number of nitrogens with one attached hydrogen (secondary N) is 5. The molecule has 0 aromatic rings. The van der Waals surface area contributed by atoms with Crippen LogP contribution in [0.1, 0.15) is 133 Å². The maximum absolute atomic E-state index is 14.3. The Labute approximate surface area is 312 Å². The van der Waals surface area contributed by atoms with Gasteiger partial charge < -0.3 is 31.2 Å². The molecule has 0 aromatic heterocycles. The van der Waals surface area contributed by atoms with Crippen LogP contribution in [-0.2, 0) is 19.2 Å². The second-order valence-electron chi connectivity index (χ2n) is 19.7. The molecule has 0 bridgehead atoms. The predicted octanol–water partition coefficient (Wildman–Crippen LogP) is 4.04. The number of urea groups is 1. The summed E-state index contributed by atoms with van der Waals surface area (Å²) in [4.78, 5) is 67.9. The number of ketones is 2. The van der Waals surface area contributed by atoms with E-state index in [1.807, 2.05) is 41.5 Å². The summed E-state index contributed by atoms with van der Waals surface area (Å²) >= 11 is 0. The molecular weight excluding hydrogens is 660 g/mol. The molecule has 1 spiro atoms. The molecule has 296 valence electrons. The average molecular weight is 731 g/mol. The second kappa shape index (κ2) is 16.4. The molecule has 4 amide bonds. The highest BCUT2D eigenvalue weighted by Gasteiger charge is 2.63. The van der Waals surface area contributed by atoms with Crippen molar-refractivity contribution in [3.63, 3.8) is 0 Å². The number of likely N-dealkylation sites (tertiary alicyclic amines) is 1. The lowest BCUT2D eigenvalue weighted by Crippen LogP contribution is -2.60. The predicted molar refractivity (Wildman–Crippen MR) is 202 cm³/mol. The van der Waals surface area contributed by atoms with Crippen molar-refractivity contribution in [1.82, 2.24) is 31.5 Å². The zero-order valence-electron chi connectivity index (χ0n) is 33.7. The Morgan fingerprint density at radius 2 is 1.48 bits per heavy atom. The van der Waals surface area contributed by atoms with Gasteiger partial charge in [0.2, 0.25) is 11.7 Å². The van der Waals surface area contributed by atoms with E-state index in [2.05, 4.69) is 52.3 Å². The summed E-state index contributed by atoms with van der Waals surface area (Å²) in [6, 6.07) is -2.19. The van der Waals surface area contributed by atoms with E-state index in [-0.39, 0.29) is 58.0 Å². The first-order valence-corrected chi connectivity index (χ1v) is 19.9. The van der Waals surface area contributed by atoms with Crippen LogP contribution in [0.4, 0.5) is 4.79 Å². The smallest absolute Gasteiger partial charge is 0.315 e. The lowest BCUT2D eigenvalue weighted by atomic mass is 9.83. The molecular formula is C40H70N6O6. The van der Waals surface area contributed by atoms with Gasteiger partial charge in [-0.1, -0.05) is 68.7 Å². The Morgan fingerprint density at radius 1 is 0.865 bits per heavy atom. The van der Waals surface area contributed by atoms with Gasteiger partial charge in [-0.25, -0.2) is 4.79 Å².